The Hall–Kier alpha value is -3.67. The number of rotatable bonds is 5. The van der Waals surface area contributed by atoms with Crippen molar-refractivity contribution >= 4 is 27.5 Å². The SMILES string of the molecule is Oc1ccc(-c2ncc3c(N4CC5CCC(C4)N5)nc(OCC45CCCN4C4COCC4C5)nc3c2F)c2c(F)cccc12. The molecule has 5 aliphatic rings. The predicted octanol–water partition coefficient (Wildman–Crippen LogP) is 4.40. The number of benzene rings is 2. The largest absolute Gasteiger partial charge is 0.507 e. The maximum atomic E-state index is 16.7. The predicted molar refractivity (Wildman–Crippen MR) is 161 cm³/mol. The van der Waals surface area contributed by atoms with Gasteiger partial charge in [-0.05, 0) is 56.8 Å². The number of phenols is 1. The van der Waals surface area contributed by atoms with Gasteiger partial charge in [0, 0.05) is 59.7 Å². The molecule has 0 spiro atoms. The molecule has 0 aliphatic carbocycles. The van der Waals surface area contributed by atoms with Crippen LogP contribution in [0.3, 0.4) is 0 Å². The molecule has 0 amide bonds. The number of phenolic OH excluding ortho intramolecular Hbond substituents is 1. The molecule has 44 heavy (non-hydrogen) atoms. The van der Waals surface area contributed by atoms with E-state index in [-0.39, 0.29) is 39.5 Å². The van der Waals surface area contributed by atoms with Crippen LogP contribution in [0.15, 0.2) is 36.5 Å². The molecule has 0 radical (unpaired) electrons. The third-order valence-corrected chi connectivity index (χ3v) is 10.7. The molecular weight excluding hydrogens is 566 g/mol. The van der Waals surface area contributed by atoms with E-state index in [1.54, 1.807) is 12.3 Å². The van der Waals surface area contributed by atoms with Crippen molar-refractivity contribution in [2.45, 2.75) is 55.8 Å². The number of pyridine rings is 1. The molecule has 2 aromatic carbocycles. The van der Waals surface area contributed by atoms with Crippen molar-refractivity contribution in [2.24, 2.45) is 5.92 Å². The number of fused-ring (bicyclic) bond motifs is 7. The van der Waals surface area contributed by atoms with Gasteiger partial charge >= 0.3 is 6.01 Å². The second-order valence-electron chi connectivity index (χ2n) is 13.2. The summed E-state index contributed by atoms with van der Waals surface area (Å²) < 4.78 is 44.0. The summed E-state index contributed by atoms with van der Waals surface area (Å²) in [7, 11) is 0. The number of hydrogen-bond acceptors (Lipinski definition) is 9. The summed E-state index contributed by atoms with van der Waals surface area (Å²) in [4.78, 5) is 18.8. The van der Waals surface area contributed by atoms with Crippen LogP contribution in [0.4, 0.5) is 14.6 Å². The number of piperazine rings is 1. The fraction of sp³-hybridized carbons (Fsp3) is 0.485. The smallest absolute Gasteiger partial charge is 0.319 e. The van der Waals surface area contributed by atoms with Gasteiger partial charge in [-0.25, -0.2) is 8.78 Å². The van der Waals surface area contributed by atoms with Gasteiger partial charge in [-0.1, -0.05) is 12.1 Å². The van der Waals surface area contributed by atoms with Crippen molar-refractivity contribution in [3.8, 4) is 23.0 Å². The lowest BCUT2D eigenvalue weighted by atomic mass is 9.90. The molecule has 5 saturated heterocycles. The highest BCUT2D eigenvalue weighted by Crippen LogP contribution is 2.48. The summed E-state index contributed by atoms with van der Waals surface area (Å²) >= 11 is 0. The molecule has 9 nitrogen and oxygen atoms in total. The zero-order chi connectivity index (χ0) is 29.6. The van der Waals surface area contributed by atoms with Gasteiger partial charge in [0.15, 0.2) is 5.82 Å². The van der Waals surface area contributed by atoms with Crippen molar-refractivity contribution in [1.29, 1.82) is 0 Å². The zero-order valence-corrected chi connectivity index (χ0v) is 24.3. The van der Waals surface area contributed by atoms with E-state index < -0.39 is 11.6 Å². The summed E-state index contributed by atoms with van der Waals surface area (Å²) in [6, 6.07) is 8.62. The van der Waals surface area contributed by atoms with Gasteiger partial charge in [0.05, 0.1) is 24.1 Å². The van der Waals surface area contributed by atoms with Crippen molar-refractivity contribution < 1.29 is 23.4 Å². The number of aromatic hydroxyl groups is 1. The molecule has 5 aliphatic heterocycles. The quantitative estimate of drug-likeness (QED) is 0.346. The molecule has 7 heterocycles. The van der Waals surface area contributed by atoms with Gasteiger partial charge in [-0.2, -0.15) is 9.97 Å². The molecular formula is C33H34F2N6O3. The van der Waals surface area contributed by atoms with Gasteiger partial charge in [0.25, 0.3) is 0 Å². The summed E-state index contributed by atoms with van der Waals surface area (Å²) in [6.07, 6.45) is 6.94. The maximum absolute atomic E-state index is 16.7. The number of ether oxygens (including phenoxy) is 2. The third-order valence-electron chi connectivity index (χ3n) is 10.7. The van der Waals surface area contributed by atoms with Crippen LogP contribution < -0.4 is 15.0 Å². The Kier molecular flexibility index (Phi) is 6.02. The number of halogens is 2. The Morgan fingerprint density at radius 3 is 2.80 bits per heavy atom. The molecule has 5 atom stereocenters. The normalized spacial score (nSPS) is 29.5. The number of anilines is 1. The van der Waals surface area contributed by atoms with Gasteiger partial charge < -0.3 is 24.8 Å². The summed E-state index contributed by atoms with van der Waals surface area (Å²) in [5.41, 5.74) is 0.220. The lowest BCUT2D eigenvalue weighted by Crippen LogP contribution is -2.51. The van der Waals surface area contributed by atoms with Gasteiger partial charge in [0.1, 0.15) is 35.2 Å². The monoisotopic (exact) mass is 600 g/mol. The molecule has 5 fully saturated rings. The Balaban J connectivity index is 1.15. The first-order valence-corrected chi connectivity index (χ1v) is 15.7. The molecule has 0 saturated carbocycles. The number of hydrogen-bond donors (Lipinski definition) is 2. The minimum Gasteiger partial charge on any atom is -0.507 e. The number of nitrogens with one attached hydrogen (secondary N) is 1. The van der Waals surface area contributed by atoms with Crippen LogP contribution in [0.1, 0.15) is 32.1 Å². The van der Waals surface area contributed by atoms with Crippen LogP contribution >= 0.6 is 0 Å². The number of aromatic nitrogens is 3. The van der Waals surface area contributed by atoms with Crippen molar-refractivity contribution in [2.75, 3.05) is 44.4 Å². The summed E-state index contributed by atoms with van der Waals surface area (Å²) in [5.74, 6) is -0.195. The fourth-order valence-corrected chi connectivity index (χ4v) is 8.75. The van der Waals surface area contributed by atoms with E-state index >= 15 is 8.78 Å². The van der Waals surface area contributed by atoms with Crippen molar-refractivity contribution in [3.63, 3.8) is 0 Å². The molecule has 9 rings (SSSR count). The first-order valence-electron chi connectivity index (χ1n) is 15.7. The van der Waals surface area contributed by atoms with E-state index in [0.717, 1.165) is 65.0 Å². The van der Waals surface area contributed by atoms with Crippen LogP contribution in [0.2, 0.25) is 0 Å². The highest BCUT2D eigenvalue weighted by atomic mass is 19.1. The maximum Gasteiger partial charge on any atom is 0.319 e. The Morgan fingerprint density at radius 2 is 1.93 bits per heavy atom. The van der Waals surface area contributed by atoms with E-state index in [4.69, 9.17) is 14.5 Å². The van der Waals surface area contributed by atoms with Gasteiger partial charge in [0.2, 0.25) is 0 Å². The summed E-state index contributed by atoms with van der Waals surface area (Å²) in [6.45, 7) is 4.52. The van der Waals surface area contributed by atoms with Crippen molar-refractivity contribution in [1.82, 2.24) is 25.2 Å². The van der Waals surface area contributed by atoms with E-state index in [2.05, 4.69) is 25.1 Å². The molecule has 11 heteroatoms. The van der Waals surface area contributed by atoms with Crippen LogP contribution in [-0.2, 0) is 4.74 Å². The van der Waals surface area contributed by atoms with E-state index in [1.165, 1.54) is 24.3 Å². The molecule has 2 N–H and O–H groups in total. The van der Waals surface area contributed by atoms with Crippen LogP contribution in [-0.4, -0.2) is 88.1 Å². The molecule has 4 aromatic rings. The first-order chi connectivity index (χ1) is 21.5. The van der Waals surface area contributed by atoms with Gasteiger partial charge in [-0.15, -0.1) is 0 Å². The fourth-order valence-electron chi connectivity index (χ4n) is 8.75. The molecule has 5 unspecified atom stereocenters. The molecule has 228 valence electrons. The minimum atomic E-state index is -0.669. The zero-order valence-electron chi connectivity index (χ0n) is 24.3. The summed E-state index contributed by atoms with van der Waals surface area (Å²) in [5, 5.41) is 14.9. The second-order valence-corrected chi connectivity index (χ2v) is 13.2. The average Bonchev–Trinajstić information content (AvgIpc) is 3.79. The highest BCUT2D eigenvalue weighted by Gasteiger charge is 2.56. The Labute approximate surface area is 253 Å². The highest BCUT2D eigenvalue weighted by molar-refractivity contribution is 6.01. The standard InChI is InChI=1S/C33H34F2N6O3/c34-24-4-1-3-21-26(42)8-7-22(27(21)24)29-28(35)30-23(12-36-29)31(40-13-19-5-6-20(14-40)37-19)39-32(38-30)44-17-33-9-2-10-41(33)25-16-43-15-18(25)11-33/h1,3-4,7-8,12,18-20,25,37,42H,2,5-6,9-11,13-17H2. The Bertz CT molecular complexity index is 1800. The van der Waals surface area contributed by atoms with Crippen LogP contribution in [0, 0.1) is 17.6 Å². The lowest BCUT2D eigenvalue weighted by molar-refractivity contribution is 0.0582. The van der Waals surface area contributed by atoms with Crippen LogP contribution in [0.25, 0.3) is 32.9 Å². The number of nitrogens with zero attached hydrogens (tertiary/aromatic N) is 5. The second kappa shape index (κ2) is 9.92. The van der Waals surface area contributed by atoms with E-state index in [0.29, 0.717) is 47.2 Å². The first kappa shape index (κ1) is 26.7. The Morgan fingerprint density at radius 1 is 1.07 bits per heavy atom. The topological polar surface area (TPSA) is 95.9 Å². The van der Waals surface area contributed by atoms with Gasteiger partial charge in [-0.3, -0.25) is 9.88 Å². The molecule has 2 aromatic heterocycles. The lowest BCUT2D eigenvalue weighted by Gasteiger charge is -2.35. The molecule has 2 bridgehead atoms. The van der Waals surface area contributed by atoms with E-state index in [1.807, 2.05) is 0 Å². The van der Waals surface area contributed by atoms with Crippen molar-refractivity contribution in [3.05, 3.63) is 48.2 Å². The minimum absolute atomic E-state index is 0.0345. The van der Waals surface area contributed by atoms with E-state index in [9.17, 15) is 5.11 Å². The average molecular weight is 601 g/mol. The van der Waals surface area contributed by atoms with Crippen LogP contribution in [0.5, 0.6) is 11.8 Å². The third kappa shape index (κ3) is 4.02.